The van der Waals surface area contributed by atoms with Crippen LogP contribution < -0.4 is 0 Å². The smallest absolute Gasteiger partial charge is 0.388 e. The second-order valence-corrected chi connectivity index (χ2v) is 5.86. The van der Waals surface area contributed by atoms with E-state index in [0.29, 0.717) is 16.5 Å². The van der Waals surface area contributed by atoms with E-state index in [1.54, 1.807) is 19.2 Å². The summed E-state index contributed by atoms with van der Waals surface area (Å²) < 4.78 is 41.0. The van der Waals surface area contributed by atoms with Crippen molar-refractivity contribution in [2.45, 2.75) is 23.0 Å². The van der Waals surface area contributed by atoms with Crippen molar-refractivity contribution in [3.63, 3.8) is 0 Å². The molecular weight excluding hydrogens is 357 g/mol. The van der Waals surface area contributed by atoms with Crippen LogP contribution >= 0.6 is 11.8 Å². The van der Waals surface area contributed by atoms with E-state index in [1.165, 1.54) is 17.0 Å². The first kappa shape index (κ1) is 17.3. The van der Waals surface area contributed by atoms with Crippen LogP contribution in [0.5, 0.6) is 0 Å². The lowest BCUT2D eigenvalue weighted by atomic mass is 10.2. The largest absolute Gasteiger partial charge is 0.433 e. The summed E-state index contributed by atoms with van der Waals surface area (Å²) in [5.74, 6) is 0.204. The normalized spacial score (nSPS) is 11.7. The number of pyridine rings is 1. The molecule has 11 heteroatoms. The van der Waals surface area contributed by atoms with Crippen LogP contribution in [0, 0.1) is 0 Å². The van der Waals surface area contributed by atoms with Crippen molar-refractivity contribution < 1.29 is 18.3 Å². The third kappa shape index (κ3) is 3.77. The van der Waals surface area contributed by atoms with E-state index in [9.17, 15) is 13.2 Å². The van der Waals surface area contributed by atoms with Crippen LogP contribution in [0.3, 0.4) is 0 Å². The third-order valence-electron chi connectivity index (χ3n) is 3.18. The Labute approximate surface area is 144 Å². The summed E-state index contributed by atoms with van der Waals surface area (Å²) >= 11 is 0.896. The van der Waals surface area contributed by atoms with E-state index in [4.69, 9.17) is 5.11 Å². The molecule has 0 fully saturated rings. The highest BCUT2D eigenvalue weighted by atomic mass is 32.2. The van der Waals surface area contributed by atoms with E-state index in [-0.39, 0.29) is 17.5 Å². The Hall–Kier alpha value is -2.53. The molecule has 0 aliphatic carbocycles. The first-order chi connectivity index (χ1) is 11.9. The second-order valence-electron chi connectivity index (χ2n) is 4.87. The van der Waals surface area contributed by atoms with Gasteiger partial charge in [-0.2, -0.15) is 13.2 Å². The molecule has 0 unspecified atom stereocenters. The molecule has 7 nitrogen and oxygen atoms in total. The predicted octanol–water partition coefficient (Wildman–Crippen LogP) is 2.33. The molecule has 0 aliphatic heterocycles. The molecule has 25 heavy (non-hydrogen) atoms. The molecule has 0 radical (unpaired) electrons. The van der Waals surface area contributed by atoms with Crippen molar-refractivity contribution in [1.82, 2.24) is 29.7 Å². The summed E-state index contributed by atoms with van der Waals surface area (Å²) in [6, 6.07) is 4.00. The molecule has 0 atom stereocenters. The Kier molecular flexibility index (Phi) is 4.68. The van der Waals surface area contributed by atoms with Gasteiger partial charge in [-0.25, -0.2) is 9.97 Å². The fraction of sp³-hybridized carbons (Fsp3) is 0.214. The van der Waals surface area contributed by atoms with Gasteiger partial charge >= 0.3 is 6.18 Å². The zero-order valence-corrected chi connectivity index (χ0v) is 13.6. The standard InChI is InChI=1S/C14H11F3N6OS/c1-23-10(7-24)21-22-13(23)25-11-5-9(14(15,16)17)19-12(20-11)8-3-2-4-18-6-8/h2-6,24H,7H2,1H3. The van der Waals surface area contributed by atoms with Gasteiger partial charge in [0.05, 0.1) is 0 Å². The summed E-state index contributed by atoms with van der Waals surface area (Å²) in [6.45, 7) is -0.331. The molecule has 3 aromatic rings. The van der Waals surface area contributed by atoms with Gasteiger partial charge in [-0.15, -0.1) is 10.2 Å². The zero-order valence-electron chi connectivity index (χ0n) is 12.8. The van der Waals surface area contributed by atoms with Gasteiger partial charge in [0, 0.05) is 31.1 Å². The lowest BCUT2D eigenvalue weighted by molar-refractivity contribution is -0.141. The molecule has 0 amide bonds. The minimum Gasteiger partial charge on any atom is -0.388 e. The van der Waals surface area contributed by atoms with Crippen LogP contribution in [-0.4, -0.2) is 34.8 Å². The number of alkyl halides is 3. The maximum Gasteiger partial charge on any atom is 0.433 e. The topological polar surface area (TPSA) is 89.6 Å². The Bertz CT molecular complexity index is 884. The van der Waals surface area contributed by atoms with Crippen LogP contribution in [0.1, 0.15) is 11.5 Å². The predicted molar refractivity (Wildman–Crippen MR) is 81.3 cm³/mol. The molecule has 0 spiro atoms. The molecule has 3 aromatic heterocycles. The molecule has 0 aliphatic rings. The summed E-state index contributed by atoms with van der Waals surface area (Å²) in [5, 5.41) is 17.1. The zero-order chi connectivity index (χ0) is 18.0. The Balaban J connectivity index is 2.05. The Morgan fingerprint density at radius 1 is 1.24 bits per heavy atom. The van der Waals surface area contributed by atoms with Crippen molar-refractivity contribution in [2.75, 3.05) is 0 Å². The van der Waals surface area contributed by atoms with Gasteiger partial charge < -0.3 is 9.67 Å². The third-order valence-corrected chi connectivity index (χ3v) is 4.13. The number of nitrogens with zero attached hydrogens (tertiary/aromatic N) is 6. The van der Waals surface area contributed by atoms with Crippen LogP contribution in [0.25, 0.3) is 11.4 Å². The lowest BCUT2D eigenvalue weighted by Gasteiger charge is -2.10. The van der Waals surface area contributed by atoms with Crippen molar-refractivity contribution in [1.29, 1.82) is 0 Å². The number of hydrogen-bond acceptors (Lipinski definition) is 7. The molecule has 3 rings (SSSR count). The monoisotopic (exact) mass is 368 g/mol. The SMILES string of the molecule is Cn1c(CO)nnc1Sc1cc(C(F)(F)F)nc(-c2cccnc2)n1. The van der Waals surface area contributed by atoms with Gasteiger partial charge in [0.1, 0.15) is 17.3 Å². The average Bonchev–Trinajstić information content (AvgIpc) is 2.94. The Morgan fingerprint density at radius 3 is 2.64 bits per heavy atom. The van der Waals surface area contributed by atoms with Crippen molar-refractivity contribution in [3.05, 3.63) is 42.1 Å². The van der Waals surface area contributed by atoms with Crippen molar-refractivity contribution in [3.8, 4) is 11.4 Å². The first-order valence-electron chi connectivity index (χ1n) is 6.92. The van der Waals surface area contributed by atoms with Crippen LogP contribution in [0.2, 0.25) is 0 Å². The number of aliphatic hydroxyl groups excluding tert-OH is 1. The van der Waals surface area contributed by atoms with Crippen LogP contribution in [-0.2, 0) is 19.8 Å². The quantitative estimate of drug-likeness (QED) is 0.707. The van der Waals surface area contributed by atoms with Crippen molar-refractivity contribution in [2.24, 2.45) is 7.05 Å². The van der Waals surface area contributed by atoms with E-state index in [1.807, 2.05) is 0 Å². The lowest BCUT2D eigenvalue weighted by Crippen LogP contribution is -2.10. The van der Waals surface area contributed by atoms with Gasteiger partial charge in [-0.1, -0.05) is 0 Å². The summed E-state index contributed by atoms with van der Waals surface area (Å²) in [6.07, 6.45) is -1.73. The highest BCUT2D eigenvalue weighted by molar-refractivity contribution is 7.99. The molecule has 0 bridgehead atoms. The molecule has 3 heterocycles. The number of halogens is 3. The number of hydrogen-bond donors (Lipinski definition) is 1. The average molecular weight is 368 g/mol. The highest BCUT2D eigenvalue weighted by Gasteiger charge is 2.34. The second kappa shape index (κ2) is 6.76. The number of rotatable bonds is 4. The first-order valence-corrected chi connectivity index (χ1v) is 7.74. The molecule has 0 saturated carbocycles. The maximum absolute atomic E-state index is 13.2. The van der Waals surface area contributed by atoms with Crippen molar-refractivity contribution >= 4 is 11.8 Å². The summed E-state index contributed by atoms with van der Waals surface area (Å²) in [5.41, 5.74) is -0.696. The van der Waals surface area contributed by atoms with E-state index in [2.05, 4.69) is 25.1 Å². The summed E-state index contributed by atoms with van der Waals surface area (Å²) in [4.78, 5) is 11.6. The van der Waals surface area contributed by atoms with Gasteiger partial charge in [-0.3, -0.25) is 4.98 Å². The number of aromatic nitrogens is 6. The van der Waals surface area contributed by atoms with Gasteiger partial charge in [-0.05, 0) is 23.9 Å². The molecule has 0 saturated heterocycles. The van der Waals surface area contributed by atoms with Gasteiger partial charge in [0.25, 0.3) is 0 Å². The molecular formula is C14H11F3N6OS. The molecule has 130 valence electrons. The minimum atomic E-state index is -4.62. The van der Waals surface area contributed by atoms with E-state index < -0.39 is 11.9 Å². The Morgan fingerprint density at radius 2 is 2.04 bits per heavy atom. The molecule has 0 aromatic carbocycles. The highest BCUT2D eigenvalue weighted by Crippen LogP contribution is 2.33. The van der Waals surface area contributed by atoms with Gasteiger partial charge in [0.2, 0.25) is 0 Å². The fourth-order valence-electron chi connectivity index (χ4n) is 1.91. The van der Waals surface area contributed by atoms with E-state index >= 15 is 0 Å². The fourth-order valence-corrected chi connectivity index (χ4v) is 2.73. The minimum absolute atomic E-state index is 0.0566. The molecule has 1 N–H and O–H groups in total. The number of aliphatic hydroxyl groups is 1. The van der Waals surface area contributed by atoms with Gasteiger partial charge in [0.15, 0.2) is 16.8 Å². The van der Waals surface area contributed by atoms with E-state index in [0.717, 1.165) is 17.8 Å². The van der Waals surface area contributed by atoms with Crippen LogP contribution in [0.4, 0.5) is 13.2 Å². The summed E-state index contributed by atoms with van der Waals surface area (Å²) in [7, 11) is 1.60. The van der Waals surface area contributed by atoms with Crippen LogP contribution in [0.15, 0.2) is 40.8 Å². The maximum atomic E-state index is 13.2.